The standard InChI is InChI=1S/C22H21N5O4/c28-19-15(11-23-13-8-9-16-17(10-13)25-21(30)24-16)20(29)27(22(31)26-19)18-7-3-5-12-4-1-2-6-14(12)18/h1-7,11,13,16-17,29H,8-10H2,(H2,24,25,30)(H,26,28,31). The summed E-state index contributed by atoms with van der Waals surface area (Å²) in [5, 5.41) is 18.3. The van der Waals surface area contributed by atoms with E-state index in [1.165, 1.54) is 6.21 Å². The van der Waals surface area contributed by atoms with E-state index < -0.39 is 17.1 Å². The highest BCUT2D eigenvalue weighted by Crippen LogP contribution is 2.26. The number of aromatic nitrogens is 2. The van der Waals surface area contributed by atoms with Crippen LogP contribution in [0.4, 0.5) is 4.79 Å². The number of amides is 2. The fourth-order valence-corrected chi connectivity index (χ4v) is 4.46. The van der Waals surface area contributed by atoms with Gasteiger partial charge in [-0.25, -0.2) is 14.2 Å². The summed E-state index contributed by atoms with van der Waals surface area (Å²) in [7, 11) is 0. The summed E-state index contributed by atoms with van der Waals surface area (Å²) in [6.07, 6.45) is 3.50. The van der Waals surface area contributed by atoms with Gasteiger partial charge in [0.1, 0.15) is 5.56 Å². The number of benzene rings is 2. The van der Waals surface area contributed by atoms with Crippen LogP contribution in [0.25, 0.3) is 16.5 Å². The van der Waals surface area contributed by atoms with E-state index in [-0.39, 0.29) is 29.7 Å². The third kappa shape index (κ3) is 3.37. The Balaban J connectivity index is 1.52. The van der Waals surface area contributed by atoms with Gasteiger partial charge in [-0.05, 0) is 30.7 Å². The highest BCUT2D eigenvalue weighted by atomic mass is 16.3. The Bertz CT molecular complexity index is 1320. The largest absolute Gasteiger partial charge is 0.493 e. The molecule has 2 aromatic carbocycles. The number of aromatic amines is 1. The van der Waals surface area contributed by atoms with E-state index in [1.54, 1.807) is 12.1 Å². The van der Waals surface area contributed by atoms with E-state index in [4.69, 9.17) is 0 Å². The van der Waals surface area contributed by atoms with Gasteiger partial charge in [0, 0.05) is 11.6 Å². The number of carbonyl (C=O) groups is 1. The first-order valence-electron chi connectivity index (χ1n) is 10.2. The molecule has 5 rings (SSSR count). The Morgan fingerprint density at radius 1 is 1.00 bits per heavy atom. The van der Waals surface area contributed by atoms with Crippen molar-refractivity contribution in [2.45, 2.75) is 37.4 Å². The molecule has 1 aliphatic carbocycles. The molecule has 31 heavy (non-hydrogen) atoms. The second-order valence-corrected chi connectivity index (χ2v) is 7.91. The molecule has 9 nitrogen and oxygen atoms in total. The molecular formula is C22H21N5O4. The lowest BCUT2D eigenvalue weighted by Crippen LogP contribution is -2.41. The Morgan fingerprint density at radius 3 is 2.65 bits per heavy atom. The molecule has 158 valence electrons. The van der Waals surface area contributed by atoms with Crippen LogP contribution in [0.5, 0.6) is 5.88 Å². The quantitative estimate of drug-likeness (QED) is 0.479. The van der Waals surface area contributed by atoms with E-state index in [0.29, 0.717) is 12.1 Å². The summed E-state index contributed by atoms with van der Waals surface area (Å²) < 4.78 is 1.09. The molecule has 0 bridgehead atoms. The molecule has 2 fully saturated rings. The number of hydrogen-bond acceptors (Lipinski definition) is 5. The van der Waals surface area contributed by atoms with Crippen LogP contribution in [0.2, 0.25) is 0 Å². The van der Waals surface area contributed by atoms with Crippen molar-refractivity contribution in [2.75, 3.05) is 0 Å². The summed E-state index contributed by atoms with van der Waals surface area (Å²) in [5.74, 6) is -0.460. The Kier molecular flexibility index (Phi) is 4.58. The van der Waals surface area contributed by atoms with Gasteiger partial charge in [0.15, 0.2) is 0 Å². The number of rotatable bonds is 3. The summed E-state index contributed by atoms with van der Waals surface area (Å²) >= 11 is 0. The van der Waals surface area contributed by atoms with Gasteiger partial charge in [-0.1, -0.05) is 36.4 Å². The highest BCUT2D eigenvalue weighted by molar-refractivity contribution is 5.91. The van der Waals surface area contributed by atoms with Crippen molar-refractivity contribution in [1.82, 2.24) is 20.2 Å². The van der Waals surface area contributed by atoms with Crippen LogP contribution in [0.3, 0.4) is 0 Å². The molecule has 2 aliphatic rings. The fraction of sp³-hybridized carbons (Fsp3) is 0.273. The summed E-state index contributed by atoms with van der Waals surface area (Å²) in [5.41, 5.74) is -1.04. The van der Waals surface area contributed by atoms with Gasteiger partial charge in [0.25, 0.3) is 5.56 Å². The number of aromatic hydroxyl groups is 1. The van der Waals surface area contributed by atoms with Crippen molar-refractivity contribution in [2.24, 2.45) is 4.99 Å². The first-order valence-corrected chi connectivity index (χ1v) is 10.2. The normalized spacial score (nSPS) is 23.0. The van der Waals surface area contributed by atoms with Crippen molar-refractivity contribution in [1.29, 1.82) is 0 Å². The third-order valence-electron chi connectivity index (χ3n) is 6.00. The summed E-state index contributed by atoms with van der Waals surface area (Å²) in [6, 6.07) is 12.7. The lowest BCUT2D eigenvalue weighted by Gasteiger charge is -2.28. The predicted molar refractivity (Wildman–Crippen MR) is 116 cm³/mol. The maximum absolute atomic E-state index is 12.6. The molecule has 3 aromatic rings. The molecule has 0 radical (unpaired) electrons. The average molecular weight is 419 g/mol. The SMILES string of the molecule is O=C1NC2CCC(N=Cc3c(O)n(-c4cccc5ccccc45)c(=O)[nH]c3=O)CC2N1. The fourth-order valence-electron chi connectivity index (χ4n) is 4.46. The number of carbonyl (C=O) groups excluding carboxylic acids is 1. The zero-order valence-electron chi connectivity index (χ0n) is 16.5. The lowest BCUT2D eigenvalue weighted by molar-refractivity contribution is 0.247. The van der Waals surface area contributed by atoms with Gasteiger partial charge in [0.2, 0.25) is 5.88 Å². The molecule has 1 saturated heterocycles. The number of hydrogen-bond donors (Lipinski definition) is 4. The van der Waals surface area contributed by atoms with E-state index in [1.807, 2.05) is 30.3 Å². The number of urea groups is 1. The van der Waals surface area contributed by atoms with Crippen LogP contribution >= 0.6 is 0 Å². The zero-order valence-corrected chi connectivity index (χ0v) is 16.5. The molecule has 3 unspecified atom stereocenters. The Labute approximate surface area is 176 Å². The van der Waals surface area contributed by atoms with Crippen LogP contribution in [-0.2, 0) is 0 Å². The number of nitrogens with zero attached hydrogens (tertiary/aromatic N) is 2. The molecule has 1 aromatic heterocycles. The van der Waals surface area contributed by atoms with E-state index in [9.17, 15) is 19.5 Å². The minimum Gasteiger partial charge on any atom is -0.493 e. The van der Waals surface area contributed by atoms with Crippen LogP contribution in [-0.4, -0.2) is 45.0 Å². The van der Waals surface area contributed by atoms with Gasteiger partial charge >= 0.3 is 11.7 Å². The molecular weight excluding hydrogens is 398 g/mol. The van der Waals surface area contributed by atoms with E-state index in [2.05, 4.69) is 20.6 Å². The van der Waals surface area contributed by atoms with Crippen molar-refractivity contribution >= 4 is 23.0 Å². The molecule has 1 saturated carbocycles. The molecule has 1 aliphatic heterocycles. The smallest absolute Gasteiger partial charge is 0.335 e. The van der Waals surface area contributed by atoms with Crippen LogP contribution in [0, 0.1) is 0 Å². The molecule has 2 heterocycles. The highest BCUT2D eigenvalue weighted by Gasteiger charge is 2.36. The van der Waals surface area contributed by atoms with Crippen molar-refractivity contribution in [3.05, 3.63) is 68.9 Å². The average Bonchev–Trinajstić information content (AvgIpc) is 3.13. The van der Waals surface area contributed by atoms with Crippen molar-refractivity contribution < 1.29 is 9.90 Å². The van der Waals surface area contributed by atoms with Crippen LogP contribution in [0.15, 0.2) is 57.0 Å². The monoisotopic (exact) mass is 419 g/mol. The number of fused-ring (bicyclic) bond motifs is 2. The van der Waals surface area contributed by atoms with Crippen molar-refractivity contribution in [3.63, 3.8) is 0 Å². The van der Waals surface area contributed by atoms with E-state index in [0.717, 1.165) is 28.2 Å². The second-order valence-electron chi connectivity index (χ2n) is 7.91. The number of H-pyrrole nitrogens is 1. The van der Waals surface area contributed by atoms with Gasteiger partial charge < -0.3 is 15.7 Å². The lowest BCUT2D eigenvalue weighted by atomic mass is 9.88. The number of nitrogens with one attached hydrogen (secondary N) is 3. The first kappa shape index (κ1) is 19.1. The van der Waals surface area contributed by atoms with Crippen molar-refractivity contribution in [3.8, 4) is 11.6 Å². The van der Waals surface area contributed by atoms with Gasteiger partial charge in [-0.3, -0.25) is 14.8 Å². The van der Waals surface area contributed by atoms with Gasteiger partial charge in [0.05, 0.1) is 23.8 Å². The zero-order chi connectivity index (χ0) is 21.5. The number of aliphatic imine (C=N–C) groups is 1. The van der Waals surface area contributed by atoms with E-state index >= 15 is 0 Å². The molecule has 3 atom stereocenters. The Hall–Kier alpha value is -3.88. The third-order valence-corrected chi connectivity index (χ3v) is 6.00. The maximum Gasteiger partial charge on any atom is 0.335 e. The Morgan fingerprint density at radius 2 is 1.77 bits per heavy atom. The predicted octanol–water partition coefficient (Wildman–Crippen LogP) is 1.41. The van der Waals surface area contributed by atoms with Gasteiger partial charge in [-0.15, -0.1) is 0 Å². The van der Waals surface area contributed by atoms with Crippen LogP contribution < -0.4 is 21.9 Å². The molecule has 4 N–H and O–H groups in total. The second kappa shape index (κ2) is 7.42. The summed E-state index contributed by atoms with van der Waals surface area (Å²) in [6.45, 7) is 0. The molecule has 0 spiro atoms. The minimum atomic E-state index is -0.726. The van der Waals surface area contributed by atoms with Crippen LogP contribution in [0.1, 0.15) is 24.8 Å². The topological polar surface area (TPSA) is 129 Å². The summed E-state index contributed by atoms with van der Waals surface area (Å²) in [4.78, 5) is 43.3. The minimum absolute atomic E-state index is 0.0000756. The molecule has 2 amide bonds. The van der Waals surface area contributed by atoms with Gasteiger partial charge in [-0.2, -0.15) is 0 Å². The first-order chi connectivity index (χ1) is 15.0. The maximum atomic E-state index is 12.6. The molecule has 9 heteroatoms.